The number of aromatic nitrogens is 2. The zero-order chi connectivity index (χ0) is 10.5. The van der Waals surface area contributed by atoms with Crippen LogP contribution in [0.1, 0.15) is 19.8 Å². The van der Waals surface area contributed by atoms with Gasteiger partial charge in [0.2, 0.25) is 0 Å². The van der Waals surface area contributed by atoms with Gasteiger partial charge in [-0.3, -0.25) is 0 Å². The van der Waals surface area contributed by atoms with E-state index in [-0.39, 0.29) is 0 Å². The molecule has 0 aliphatic carbocycles. The van der Waals surface area contributed by atoms with Gasteiger partial charge >= 0.3 is 0 Å². The molecule has 0 radical (unpaired) electrons. The molecule has 82 valence electrons. The van der Waals surface area contributed by atoms with Gasteiger partial charge in [0.1, 0.15) is 12.1 Å². The Labute approximate surface area is 90.7 Å². The zero-order valence-electron chi connectivity index (χ0n) is 9.19. The molecular weight excluding hydrogens is 188 g/mol. The Morgan fingerprint density at radius 3 is 3.13 bits per heavy atom. The van der Waals surface area contributed by atoms with Crippen LogP contribution in [0, 0.1) is 0 Å². The summed E-state index contributed by atoms with van der Waals surface area (Å²) in [6.07, 6.45) is 5.94. The summed E-state index contributed by atoms with van der Waals surface area (Å²) in [4.78, 5) is 10.6. The second-order valence-corrected chi connectivity index (χ2v) is 3.85. The minimum Gasteiger partial charge on any atom is -0.353 e. The number of anilines is 1. The fourth-order valence-electron chi connectivity index (χ4n) is 2.16. The minimum absolute atomic E-state index is 0.582. The van der Waals surface area contributed by atoms with Crippen LogP contribution >= 0.6 is 0 Å². The smallest absolute Gasteiger partial charge is 0.132 e. The van der Waals surface area contributed by atoms with Gasteiger partial charge < -0.3 is 10.2 Å². The summed E-state index contributed by atoms with van der Waals surface area (Å²) in [6.45, 7) is 5.40. The molecule has 1 saturated heterocycles. The van der Waals surface area contributed by atoms with Crippen LogP contribution in [0.25, 0.3) is 0 Å². The number of nitrogens with one attached hydrogen (secondary N) is 1. The highest BCUT2D eigenvalue weighted by Gasteiger charge is 2.20. The molecule has 1 atom stereocenters. The first-order valence-electron chi connectivity index (χ1n) is 5.65. The van der Waals surface area contributed by atoms with E-state index < -0.39 is 0 Å². The molecule has 2 heterocycles. The molecule has 1 fully saturated rings. The summed E-state index contributed by atoms with van der Waals surface area (Å²) < 4.78 is 0. The van der Waals surface area contributed by atoms with Crippen molar-refractivity contribution in [2.24, 2.45) is 0 Å². The van der Waals surface area contributed by atoms with Crippen molar-refractivity contribution in [1.29, 1.82) is 0 Å². The number of rotatable bonds is 3. The molecule has 4 heteroatoms. The third kappa shape index (κ3) is 2.45. The van der Waals surface area contributed by atoms with Crippen molar-refractivity contribution in [2.45, 2.75) is 25.8 Å². The van der Waals surface area contributed by atoms with Gasteiger partial charge in [-0.15, -0.1) is 0 Å². The maximum Gasteiger partial charge on any atom is 0.132 e. The van der Waals surface area contributed by atoms with Gasteiger partial charge in [-0.1, -0.05) is 0 Å². The maximum absolute atomic E-state index is 4.31. The van der Waals surface area contributed by atoms with Crippen LogP contribution in [0.15, 0.2) is 18.6 Å². The summed E-state index contributed by atoms with van der Waals surface area (Å²) in [5, 5.41) is 3.43. The van der Waals surface area contributed by atoms with E-state index in [1.165, 1.54) is 12.8 Å². The fraction of sp³-hybridized carbons (Fsp3) is 0.636. The number of hydrogen-bond donors (Lipinski definition) is 1. The van der Waals surface area contributed by atoms with Crippen molar-refractivity contribution in [2.75, 3.05) is 24.5 Å². The topological polar surface area (TPSA) is 41.1 Å². The quantitative estimate of drug-likeness (QED) is 0.802. The van der Waals surface area contributed by atoms with E-state index in [4.69, 9.17) is 0 Å². The van der Waals surface area contributed by atoms with E-state index in [1.807, 2.05) is 6.07 Å². The van der Waals surface area contributed by atoms with Crippen molar-refractivity contribution in [1.82, 2.24) is 15.3 Å². The molecule has 1 aromatic rings. The van der Waals surface area contributed by atoms with Crippen LogP contribution < -0.4 is 10.2 Å². The fourth-order valence-corrected chi connectivity index (χ4v) is 2.16. The van der Waals surface area contributed by atoms with E-state index in [0.29, 0.717) is 6.04 Å². The average Bonchev–Trinajstić information content (AvgIpc) is 2.33. The van der Waals surface area contributed by atoms with Crippen LogP contribution in [0.4, 0.5) is 5.82 Å². The standard InChI is InChI=1S/C11H18N4/c1-2-15(10-4-3-6-12-8-10)11-5-7-13-9-14-11/h5,7,9-10,12H,2-4,6,8H2,1H3. The third-order valence-corrected chi connectivity index (χ3v) is 2.91. The Kier molecular flexibility index (Phi) is 3.50. The van der Waals surface area contributed by atoms with Crippen LogP contribution in [-0.4, -0.2) is 35.6 Å². The monoisotopic (exact) mass is 206 g/mol. The lowest BCUT2D eigenvalue weighted by Crippen LogP contribution is -2.46. The lowest BCUT2D eigenvalue weighted by Gasteiger charge is -2.34. The van der Waals surface area contributed by atoms with E-state index in [2.05, 4.69) is 27.1 Å². The van der Waals surface area contributed by atoms with E-state index >= 15 is 0 Å². The van der Waals surface area contributed by atoms with Crippen LogP contribution in [0.3, 0.4) is 0 Å². The zero-order valence-corrected chi connectivity index (χ0v) is 9.19. The van der Waals surface area contributed by atoms with Crippen LogP contribution in [-0.2, 0) is 0 Å². The Morgan fingerprint density at radius 1 is 1.60 bits per heavy atom. The minimum atomic E-state index is 0.582. The molecular formula is C11H18N4. The molecule has 1 N–H and O–H groups in total. The number of likely N-dealkylation sites (N-methyl/N-ethyl adjacent to an activating group) is 1. The van der Waals surface area contributed by atoms with Gasteiger partial charge in [-0.2, -0.15) is 0 Å². The first-order valence-corrected chi connectivity index (χ1v) is 5.65. The predicted octanol–water partition coefficient (Wildman–Crippen LogP) is 1.05. The molecule has 1 unspecified atom stereocenters. The van der Waals surface area contributed by atoms with Gasteiger partial charge in [0.15, 0.2) is 0 Å². The highest BCUT2D eigenvalue weighted by molar-refractivity contribution is 5.38. The summed E-state index contributed by atoms with van der Waals surface area (Å²) in [5.74, 6) is 1.04. The Bertz CT molecular complexity index is 282. The summed E-state index contributed by atoms with van der Waals surface area (Å²) in [7, 11) is 0. The molecule has 1 aliphatic rings. The predicted molar refractivity (Wildman–Crippen MR) is 60.9 cm³/mol. The Hall–Kier alpha value is -1.16. The highest BCUT2D eigenvalue weighted by Crippen LogP contribution is 2.16. The lowest BCUT2D eigenvalue weighted by molar-refractivity contribution is 0.433. The van der Waals surface area contributed by atoms with Gasteiger partial charge in [0, 0.05) is 25.3 Å². The summed E-state index contributed by atoms with van der Waals surface area (Å²) in [6, 6.07) is 2.57. The van der Waals surface area contributed by atoms with Crippen molar-refractivity contribution in [3.63, 3.8) is 0 Å². The second kappa shape index (κ2) is 5.07. The molecule has 0 amide bonds. The molecule has 1 aromatic heterocycles. The van der Waals surface area contributed by atoms with E-state index in [0.717, 1.165) is 25.5 Å². The van der Waals surface area contributed by atoms with Gasteiger partial charge in [-0.25, -0.2) is 9.97 Å². The molecule has 4 nitrogen and oxygen atoms in total. The van der Waals surface area contributed by atoms with Crippen LogP contribution in [0.2, 0.25) is 0 Å². The maximum atomic E-state index is 4.31. The average molecular weight is 206 g/mol. The second-order valence-electron chi connectivity index (χ2n) is 3.85. The molecule has 1 aliphatic heterocycles. The highest BCUT2D eigenvalue weighted by atomic mass is 15.2. The molecule has 0 spiro atoms. The SMILES string of the molecule is CCN(c1ccncn1)C1CCCNC1. The molecule has 15 heavy (non-hydrogen) atoms. The normalized spacial score (nSPS) is 21.3. The Morgan fingerprint density at radius 2 is 2.53 bits per heavy atom. The van der Waals surface area contributed by atoms with Crippen molar-refractivity contribution >= 4 is 5.82 Å². The molecule has 0 saturated carbocycles. The molecule has 2 rings (SSSR count). The van der Waals surface area contributed by atoms with E-state index in [1.54, 1.807) is 12.5 Å². The Balaban J connectivity index is 2.09. The first kappa shape index (κ1) is 10.4. The summed E-state index contributed by atoms with van der Waals surface area (Å²) in [5.41, 5.74) is 0. The molecule has 0 bridgehead atoms. The molecule has 0 aromatic carbocycles. The van der Waals surface area contributed by atoms with Gasteiger partial charge in [-0.05, 0) is 32.4 Å². The number of piperidine rings is 1. The third-order valence-electron chi connectivity index (χ3n) is 2.91. The lowest BCUT2D eigenvalue weighted by atomic mass is 10.1. The van der Waals surface area contributed by atoms with Crippen molar-refractivity contribution < 1.29 is 0 Å². The van der Waals surface area contributed by atoms with Gasteiger partial charge in [0.25, 0.3) is 0 Å². The van der Waals surface area contributed by atoms with Crippen LogP contribution in [0.5, 0.6) is 0 Å². The number of nitrogens with zero attached hydrogens (tertiary/aromatic N) is 3. The first-order chi connectivity index (χ1) is 7.42. The van der Waals surface area contributed by atoms with Crippen molar-refractivity contribution in [3.05, 3.63) is 18.6 Å². The van der Waals surface area contributed by atoms with Crippen molar-refractivity contribution in [3.8, 4) is 0 Å². The van der Waals surface area contributed by atoms with Gasteiger partial charge in [0.05, 0.1) is 0 Å². The largest absolute Gasteiger partial charge is 0.353 e. The summed E-state index contributed by atoms with van der Waals surface area (Å²) >= 11 is 0. The van der Waals surface area contributed by atoms with E-state index in [9.17, 15) is 0 Å². The number of hydrogen-bond acceptors (Lipinski definition) is 4.